The van der Waals surface area contributed by atoms with E-state index in [9.17, 15) is 19.5 Å². The molecule has 7 nitrogen and oxygen atoms in total. The van der Waals surface area contributed by atoms with Crippen LogP contribution >= 0.6 is 0 Å². The van der Waals surface area contributed by atoms with Gasteiger partial charge in [0.2, 0.25) is 5.91 Å². The number of carboxylic acids is 1. The summed E-state index contributed by atoms with van der Waals surface area (Å²) in [6.07, 6.45) is 0.582. The fourth-order valence-corrected chi connectivity index (χ4v) is 5.62. The normalized spacial score (nSPS) is 20.6. The van der Waals surface area contributed by atoms with E-state index in [4.69, 9.17) is 4.74 Å². The van der Waals surface area contributed by atoms with Gasteiger partial charge in [-0.1, -0.05) is 68.8 Å². The lowest BCUT2D eigenvalue weighted by Gasteiger charge is -2.33. The van der Waals surface area contributed by atoms with Gasteiger partial charge in [-0.05, 0) is 47.4 Å². The summed E-state index contributed by atoms with van der Waals surface area (Å²) in [4.78, 5) is 39.3. The number of carboxylic acid groups (broad SMARTS) is 1. The van der Waals surface area contributed by atoms with Crippen LogP contribution in [0.25, 0.3) is 11.1 Å². The zero-order valence-electron chi connectivity index (χ0n) is 20.6. The maximum atomic E-state index is 13.5. The molecular formula is C28H34N2O5. The minimum absolute atomic E-state index is 0.0370. The van der Waals surface area contributed by atoms with Crippen LogP contribution in [0.15, 0.2) is 48.5 Å². The maximum absolute atomic E-state index is 13.5. The Morgan fingerprint density at radius 1 is 1.06 bits per heavy atom. The zero-order valence-corrected chi connectivity index (χ0v) is 20.6. The molecule has 0 aromatic heterocycles. The zero-order chi connectivity index (χ0) is 25.2. The van der Waals surface area contributed by atoms with Crippen molar-refractivity contribution < 1.29 is 24.2 Å². The lowest BCUT2D eigenvalue weighted by atomic mass is 9.94. The van der Waals surface area contributed by atoms with Crippen molar-refractivity contribution in [1.82, 2.24) is 10.2 Å². The number of benzene rings is 2. The van der Waals surface area contributed by atoms with E-state index < -0.39 is 17.6 Å². The number of ether oxygens (including phenoxy) is 1. The highest BCUT2D eigenvalue weighted by Gasteiger charge is 2.43. The fourth-order valence-electron chi connectivity index (χ4n) is 5.62. The summed E-state index contributed by atoms with van der Waals surface area (Å²) in [5.74, 6) is -1.10. The summed E-state index contributed by atoms with van der Waals surface area (Å²) in [7, 11) is 0. The SMILES string of the molecule is CCCC(C)(NC(=O)OCC1c2ccccc2-c2ccccc21)C(=O)N1C[C@@H](CC(=O)O)[C@H](C)C1. The van der Waals surface area contributed by atoms with Gasteiger partial charge < -0.3 is 20.1 Å². The van der Waals surface area contributed by atoms with Gasteiger partial charge in [-0.25, -0.2) is 4.79 Å². The van der Waals surface area contributed by atoms with Gasteiger partial charge in [0.15, 0.2) is 0 Å². The Morgan fingerprint density at radius 3 is 2.23 bits per heavy atom. The number of carbonyl (C=O) groups is 3. The molecular weight excluding hydrogens is 444 g/mol. The van der Waals surface area contributed by atoms with Crippen molar-refractivity contribution in [1.29, 1.82) is 0 Å². The fraction of sp³-hybridized carbons (Fsp3) is 0.464. The van der Waals surface area contributed by atoms with Gasteiger partial charge in [0, 0.05) is 19.0 Å². The van der Waals surface area contributed by atoms with Crippen LogP contribution in [0, 0.1) is 11.8 Å². The van der Waals surface area contributed by atoms with Gasteiger partial charge in [-0.2, -0.15) is 0 Å². The van der Waals surface area contributed by atoms with Crippen molar-refractivity contribution in [3.63, 3.8) is 0 Å². The monoisotopic (exact) mass is 478 g/mol. The van der Waals surface area contributed by atoms with Crippen LogP contribution < -0.4 is 5.32 Å². The highest BCUT2D eigenvalue weighted by atomic mass is 16.5. The topological polar surface area (TPSA) is 95.9 Å². The number of nitrogens with zero attached hydrogens (tertiary/aromatic N) is 1. The molecule has 3 atom stereocenters. The summed E-state index contributed by atoms with van der Waals surface area (Å²) < 4.78 is 5.69. The van der Waals surface area contributed by atoms with Crippen LogP contribution in [-0.2, 0) is 14.3 Å². The predicted molar refractivity (Wildman–Crippen MR) is 133 cm³/mol. The van der Waals surface area contributed by atoms with E-state index in [0.717, 1.165) is 22.3 Å². The molecule has 0 spiro atoms. The van der Waals surface area contributed by atoms with Crippen molar-refractivity contribution in [2.24, 2.45) is 11.8 Å². The van der Waals surface area contributed by atoms with Gasteiger partial charge in [-0.3, -0.25) is 9.59 Å². The molecule has 7 heteroatoms. The number of nitrogens with one attached hydrogen (secondary N) is 1. The largest absolute Gasteiger partial charge is 0.481 e. The van der Waals surface area contributed by atoms with Gasteiger partial charge in [-0.15, -0.1) is 0 Å². The summed E-state index contributed by atoms with van der Waals surface area (Å²) in [6, 6.07) is 16.3. The van der Waals surface area contributed by atoms with Crippen LogP contribution in [0.5, 0.6) is 0 Å². The molecule has 2 aliphatic rings. The van der Waals surface area contributed by atoms with Crippen LogP contribution in [0.2, 0.25) is 0 Å². The Morgan fingerprint density at radius 2 is 1.66 bits per heavy atom. The first kappa shape index (κ1) is 24.8. The number of hydrogen-bond acceptors (Lipinski definition) is 4. The van der Waals surface area contributed by atoms with Gasteiger partial charge in [0.05, 0.1) is 6.42 Å². The number of carbonyl (C=O) groups excluding carboxylic acids is 2. The van der Waals surface area contributed by atoms with E-state index >= 15 is 0 Å². The van der Waals surface area contributed by atoms with E-state index in [2.05, 4.69) is 29.6 Å². The van der Waals surface area contributed by atoms with Crippen LogP contribution in [0.1, 0.15) is 57.1 Å². The quantitative estimate of drug-likeness (QED) is 0.576. The molecule has 2 aromatic carbocycles. The minimum Gasteiger partial charge on any atom is -0.481 e. The van der Waals surface area contributed by atoms with Crippen molar-refractivity contribution in [3.8, 4) is 11.1 Å². The number of hydrogen-bond donors (Lipinski definition) is 2. The smallest absolute Gasteiger partial charge is 0.408 e. The Hall–Kier alpha value is -3.35. The summed E-state index contributed by atoms with van der Waals surface area (Å²) >= 11 is 0. The summed E-state index contributed by atoms with van der Waals surface area (Å²) in [5, 5.41) is 12.0. The maximum Gasteiger partial charge on any atom is 0.408 e. The van der Waals surface area contributed by atoms with E-state index in [-0.39, 0.29) is 36.7 Å². The molecule has 2 aromatic rings. The molecule has 2 amide bonds. The molecule has 0 saturated carbocycles. The predicted octanol–water partition coefficient (Wildman–Crippen LogP) is 4.65. The van der Waals surface area contributed by atoms with Crippen LogP contribution in [-0.4, -0.2) is 53.2 Å². The Bertz CT molecular complexity index is 1070. The van der Waals surface area contributed by atoms with Crippen molar-refractivity contribution >= 4 is 18.0 Å². The second kappa shape index (κ2) is 10.1. The summed E-state index contributed by atoms with van der Waals surface area (Å²) in [6.45, 7) is 6.72. The van der Waals surface area contributed by atoms with E-state index in [1.54, 1.807) is 11.8 Å². The van der Waals surface area contributed by atoms with Crippen molar-refractivity contribution in [2.45, 2.75) is 51.5 Å². The van der Waals surface area contributed by atoms with Crippen LogP contribution in [0.4, 0.5) is 4.79 Å². The van der Waals surface area contributed by atoms with Crippen molar-refractivity contribution in [3.05, 3.63) is 59.7 Å². The molecule has 4 rings (SSSR count). The minimum atomic E-state index is -1.12. The molecule has 1 unspecified atom stereocenters. The average molecular weight is 479 g/mol. The number of aliphatic carboxylic acids is 1. The van der Waals surface area contributed by atoms with Gasteiger partial charge >= 0.3 is 12.1 Å². The molecule has 35 heavy (non-hydrogen) atoms. The molecule has 2 N–H and O–H groups in total. The first-order chi connectivity index (χ1) is 16.7. The number of alkyl carbamates (subject to hydrolysis) is 1. The second-order valence-electron chi connectivity index (χ2n) is 10.1. The third-order valence-corrected chi connectivity index (χ3v) is 7.44. The van der Waals surface area contributed by atoms with Crippen molar-refractivity contribution in [2.75, 3.05) is 19.7 Å². The first-order valence-electron chi connectivity index (χ1n) is 12.4. The Labute approximate surface area is 206 Å². The number of amides is 2. The highest BCUT2D eigenvalue weighted by Crippen LogP contribution is 2.44. The third-order valence-electron chi connectivity index (χ3n) is 7.44. The second-order valence-corrected chi connectivity index (χ2v) is 10.1. The molecule has 1 aliphatic carbocycles. The van der Waals surface area contributed by atoms with E-state index in [1.807, 2.05) is 38.1 Å². The number of fused-ring (bicyclic) bond motifs is 3. The molecule has 1 aliphatic heterocycles. The standard InChI is InChI=1S/C28H34N2O5/c1-4-13-28(3,26(33)30-15-18(2)19(16-30)14-25(31)32)29-27(34)35-17-24-22-11-7-5-9-20(22)21-10-6-8-12-23(21)24/h5-12,18-19,24H,4,13-17H2,1-3H3,(H,29,34)(H,31,32)/t18-,19-,28?/m1/s1. The average Bonchev–Trinajstić information content (AvgIpc) is 3.34. The Balaban J connectivity index is 1.43. The Kier molecular flexibility index (Phi) is 7.15. The number of likely N-dealkylation sites (tertiary alicyclic amines) is 1. The third kappa shape index (κ3) is 5.04. The van der Waals surface area contributed by atoms with E-state index in [1.165, 1.54) is 0 Å². The van der Waals surface area contributed by atoms with E-state index in [0.29, 0.717) is 25.9 Å². The molecule has 0 bridgehead atoms. The summed E-state index contributed by atoms with van der Waals surface area (Å²) in [5.41, 5.74) is 3.45. The molecule has 1 fully saturated rings. The lowest BCUT2D eigenvalue weighted by molar-refractivity contribution is -0.139. The molecule has 0 radical (unpaired) electrons. The van der Waals surface area contributed by atoms with Crippen LogP contribution in [0.3, 0.4) is 0 Å². The number of rotatable bonds is 8. The van der Waals surface area contributed by atoms with Gasteiger partial charge in [0.25, 0.3) is 0 Å². The molecule has 186 valence electrons. The molecule has 1 heterocycles. The highest BCUT2D eigenvalue weighted by molar-refractivity contribution is 5.90. The lowest BCUT2D eigenvalue weighted by Crippen LogP contribution is -2.57. The molecule has 1 saturated heterocycles. The van der Waals surface area contributed by atoms with Gasteiger partial charge in [0.1, 0.15) is 12.1 Å². The first-order valence-corrected chi connectivity index (χ1v) is 12.4.